The molecule has 0 radical (unpaired) electrons. The van der Waals surface area contributed by atoms with Crippen molar-refractivity contribution in [2.45, 2.75) is 104 Å². The molecule has 2 aromatic carbocycles. The van der Waals surface area contributed by atoms with Crippen LogP contribution in [0.25, 0.3) is 0 Å². The summed E-state index contributed by atoms with van der Waals surface area (Å²) in [6.07, 6.45) is 21.0. The van der Waals surface area contributed by atoms with Crippen LogP contribution in [0.1, 0.15) is 114 Å². The average Bonchev–Trinajstić information content (AvgIpc) is 2.95. The van der Waals surface area contributed by atoms with Crippen LogP contribution in [-0.2, 0) is 6.42 Å². The Morgan fingerprint density at radius 1 is 0.895 bits per heavy atom. The molecule has 2 aromatic rings. The Balaban J connectivity index is 1.33. The molecule has 0 aromatic heterocycles. The highest BCUT2D eigenvalue weighted by atomic mass is 16.5. The van der Waals surface area contributed by atoms with Crippen molar-refractivity contribution in [1.82, 2.24) is 0 Å². The highest BCUT2D eigenvalue weighted by molar-refractivity contribution is 5.91. The monoisotopic (exact) mass is 518 g/mol. The molecular formula is C35H50O3. The van der Waals surface area contributed by atoms with Crippen LogP contribution >= 0.6 is 0 Å². The molecule has 0 unspecified atom stereocenters. The molecular weight excluding hydrogens is 468 g/mol. The zero-order valence-corrected chi connectivity index (χ0v) is 24.1. The molecule has 1 fully saturated rings. The standard InChI is InChI=1S/C35H50O3/c1-4-6-8-12-29-13-15-30(16-14-29)17-18-31-19-23-34(24-20-31)38-35(36)32-21-25-33(26-22-32)37-27-10-7-9-11-28(3)5-2/h4,6,19-26,28-30H,5,7-18,27H2,1-3H3/b6-4+/t28-,29?,30?/m0/s1. The van der Waals surface area contributed by atoms with E-state index in [0.717, 1.165) is 43.0 Å². The minimum absolute atomic E-state index is 0.333. The van der Waals surface area contributed by atoms with E-state index in [1.165, 1.54) is 76.2 Å². The SMILES string of the molecule is C/C=C/CCC1CCC(CCc2ccc(OC(=O)c3ccc(OCCCCC[C@@H](C)CC)cc3)cc2)CC1. The first-order valence-electron chi connectivity index (χ1n) is 15.2. The zero-order valence-electron chi connectivity index (χ0n) is 24.1. The number of hydrogen-bond acceptors (Lipinski definition) is 3. The first-order valence-corrected chi connectivity index (χ1v) is 15.2. The Labute approximate surface area is 232 Å². The number of unbranched alkanes of at least 4 members (excludes halogenated alkanes) is 2. The molecule has 0 spiro atoms. The molecule has 38 heavy (non-hydrogen) atoms. The molecule has 0 amide bonds. The lowest BCUT2D eigenvalue weighted by Crippen LogP contribution is -2.15. The van der Waals surface area contributed by atoms with E-state index in [0.29, 0.717) is 11.3 Å². The number of aryl methyl sites for hydroxylation is 1. The van der Waals surface area contributed by atoms with Gasteiger partial charge in [-0.25, -0.2) is 4.79 Å². The second-order valence-corrected chi connectivity index (χ2v) is 11.3. The van der Waals surface area contributed by atoms with Gasteiger partial charge in [0.2, 0.25) is 0 Å². The minimum Gasteiger partial charge on any atom is -0.494 e. The van der Waals surface area contributed by atoms with Crippen molar-refractivity contribution in [2.24, 2.45) is 17.8 Å². The molecule has 0 saturated heterocycles. The predicted octanol–water partition coefficient (Wildman–Crippen LogP) is 9.99. The molecule has 3 rings (SSSR count). The van der Waals surface area contributed by atoms with Crippen molar-refractivity contribution in [3.63, 3.8) is 0 Å². The minimum atomic E-state index is -0.333. The zero-order chi connectivity index (χ0) is 27.0. The maximum atomic E-state index is 12.6. The number of allylic oxidation sites excluding steroid dienone is 2. The number of hydrogen-bond donors (Lipinski definition) is 0. The fourth-order valence-corrected chi connectivity index (χ4v) is 5.42. The van der Waals surface area contributed by atoms with E-state index in [4.69, 9.17) is 9.47 Å². The summed E-state index contributed by atoms with van der Waals surface area (Å²) >= 11 is 0. The van der Waals surface area contributed by atoms with Crippen molar-refractivity contribution < 1.29 is 14.3 Å². The fraction of sp³-hybridized carbons (Fsp3) is 0.571. The van der Waals surface area contributed by atoms with E-state index >= 15 is 0 Å². The smallest absolute Gasteiger partial charge is 0.343 e. The molecule has 0 heterocycles. The highest BCUT2D eigenvalue weighted by Crippen LogP contribution is 2.34. The quantitative estimate of drug-likeness (QED) is 0.0959. The maximum Gasteiger partial charge on any atom is 0.343 e. The summed E-state index contributed by atoms with van der Waals surface area (Å²) in [6.45, 7) is 7.40. The van der Waals surface area contributed by atoms with Gasteiger partial charge in [-0.1, -0.05) is 89.5 Å². The van der Waals surface area contributed by atoms with Crippen LogP contribution in [0.3, 0.4) is 0 Å². The third kappa shape index (κ3) is 11.1. The molecule has 3 nitrogen and oxygen atoms in total. The molecule has 1 aliphatic carbocycles. The van der Waals surface area contributed by atoms with Crippen molar-refractivity contribution in [1.29, 1.82) is 0 Å². The normalized spacial score (nSPS) is 18.4. The van der Waals surface area contributed by atoms with Gasteiger partial charge in [-0.05, 0) is 98.7 Å². The Hall–Kier alpha value is -2.55. The summed E-state index contributed by atoms with van der Waals surface area (Å²) in [4.78, 5) is 12.6. The number of ether oxygens (including phenoxy) is 2. The van der Waals surface area contributed by atoms with Crippen LogP contribution in [0.4, 0.5) is 0 Å². The van der Waals surface area contributed by atoms with Crippen LogP contribution in [-0.4, -0.2) is 12.6 Å². The topological polar surface area (TPSA) is 35.5 Å². The Morgan fingerprint density at radius 3 is 2.21 bits per heavy atom. The van der Waals surface area contributed by atoms with Crippen LogP contribution in [0, 0.1) is 17.8 Å². The molecule has 0 aliphatic heterocycles. The number of benzene rings is 2. The number of rotatable bonds is 16. The highest BCUT2D eigenvalue weighted by Gasteiger charge is 2.20. The van der Waals surface area contributed by atoms with Gasteiger partial charge in [0.1, 0.15) is 11.5 Å². The molecule has 0 bridgehead atoms. The van der Waals surface area contributed by atoms with Gasteiger partial charge in [-0.3, -0.25) is 0 Å². The van der Waals surface area contributed by atoms with Crippen LogP contribution < -0.4 is 9.47 Å². The van der Waals surface area contributed by atoms with Gasteiger partial charge in [-0.15, -0.1) is 0 Å². The van der Waals surface area contributed by atoms with E-state index in [2.05, 4.69) is 45.1 Å². The number of carbonyl (C=O) groups is 1. The van der Waals surface area contributed by atoms with E-state index in [9.17, 15) is 4.79 Å². The molecule has 1 aliphatic rings. The lowest BCUT2D eigenvalue weighted by Gasteiger charge is -2.28. The van der Waals surface area contributed by atoms with Crippen molar-refractivity contribution in [3.05, 3.63) is 71.8 Å². The Kier molecular flexibility index (Phi) is 13.5. The molecule has 1 atom stereocenters. The average molecular weight is 519 g/mol. The van der Waals surface area contributed by atoms with Crippen LogP contribution in [0.5, 0.6) is 11.5 Å². The van der Waals surface area contributed by atoms with Crippen molar-refractivity contribution in [3.8, 4) is 11.5 Å². The summed E-state index contributed by atoms with van der Waals surface area (Å²) in [6, 6.07) is 15.3. The van der Waals surface area contributed by atoms with Crippen molar-refractivity contribution in [2.75, 3.05) is 6.61 Å². The van der Waals surface area contributed by atoms with Gasteiger partial charge in [0.05, 0.1) is 12.2 Å². The third-order valence-electron chi connectivity index (χ3n) is 8.32. The van der Waals surface area contributed by atoms with Crippen LogP contribution in [0.2, 0.25) is 0 Å². The summed E-state index contributed by atoms with van der Waals surface area (Å²) in [7, 11) is 0. The van der Waals surface area contributed by atoms with Gasteiger partial charge < -0.3 is 9.47 Å². The van der Waals surface area contributed by atoms with Gasteiger partial charge in [0.25, 0.3) is 0 Å². The summed E-state index contributed by atoms with van der Waals surface area (Å²) in [5.74, 6) is 3.66. The molecule has 1 saturated carbocycles. The number of carbonyl (C=O) groups excluding carboxylic acids is 1. The van der Waals surface area contributed by atoms with E-state index in [1.54, 1.807) is 12.1 Å². The predicted molar refractivity (Wildman–Crippen MR) is 159 cm³/mol. The van der Waals surface area contributed by atoms with Gasteiger partial charge in [0, 0.05) is 0 Å². The summed E-state index contributed by atoms with van der Waals surface area (Å²) in [5.41, 5.74) is 1.86. The second-order valence-electron chi connectivity index (χ2n) is 11.3. The van der Waals surface area contributed by atoms with E-state index < -0.39 is 0 Å². The lowest BCUT2D eigenvalue weighted by atomic mass is 9.78. The van der Waals surface area contributed by atoms with Gasteiger partial charge in [-0.2, -0.15) is 0 Å². The van der Waals surface area contributed by atoms with Gasteiger partial charge >= 0.3 is 5.97 Å². The lowest BCUT2D eigenvalue weighted by molar-refractivity contribution is 0.0734. The molecule has 208 valence electrons. The maximum absolute atomic E-state index is 12.6. The third-order valence-corrected chi connectivity index (χ3v) is 8.32. The van der Waals surface area contributed by atoms with Crippen molar-refractivity contribution >= 4 is 5.97 Å². The van der Waals surface area contributed by atoms with Crippen LogP contribution in [0.15, 0.2) is 60.7 Å². The summed E-state index contributed by atoms with van der Waals surface area (Å²) in [5, 5.41) is 0. The van der Waals surface area contributed by atoms with E-state index in [1.807, 2.05) is 24.3 Å². The number of esters is 1. The second kappa shape index (κ2) is 17.1. The van der Waals surface area contributed by atoms with Gasteiger partial charge in [0.15, 0.2) is 0 Å². The fourth-order valence-electron chi connectivity index (χ4n) is 5.42. The summed E-state index contributed by atoms with van der Waals surface area (Å²) < 4.78 is 11.5. The largest absolute Gasteiger partial charge is 0.494 e. The first kappa shape index (κ1) is 30.0. The first-order chi connectivity index (χ1) is 18.6. The molecule has 3 heteroatoms. The molecule has 0 N–H and O–H groups in total. The van der Waals surface area contributed by atoms with E-state index in [-0.39, 0.29) is 5.97 Å². The Bertz CT molecular complexity index is 936. The Morgan fingerprint density at radius 2 is 1.55 bits per heavy atom.